The highest BCUT2D eigenvalue weighted by molar-refractivity contribution is 7.90. The van der Waals surface area contributed by atoms with Gasteiger partial charge in [-0.2, -0.15) is 5.14 Å². The van der Waals surface area contributed by atoms with Crippen LogP contribution in [0.3, 0.4) is 0 Å². The van der Waals surface area contributed by atoms with Gasteiger partial charge in [0, 0.05) is 29.3 Å². The van der Waals surface area contributed by atoms with Crippen molar-refractivity contribution >= 4 is 16.9 Å². The zero-order chi connectivity index (χ0) is 9.84. The van der Waals surface area contributed by atoms with Crippen LogP contribution in [0.15, 0.2) is 31.1 Å². The Labute approximate surface area is 81.0 Å². The lowest BCUT2D eigenvalue weighted by molar-refractivity contribution is 0.593. The summed E-state index contributed by atoms with van der Waals surface area (Å²) in [4.78, 5) is 3.88. The van der Waals surface area contributed by atoms with Crippen molar-refractivity contribution < 1.29 is 4.55 Å². The van der Waals surface area contributed by atoms with Gasteiger partial charge in [0.2, 0.25) is 0 Å². The minimum atomic E-state index is -1.36. The summed E-state index contributed by atoms with van der Waals surface area (Å²) in [5.74, 6) is 0. The first-order valence-corrected chi connectivity index (χ1v) is 5.14. The molecule has 0 saturated carbocycles. The molecule has 70 valence electrons. The van der Waals surface area contributed by atoms with Crippen molar-refractivity contribution in [2.45, 2.75) is 12.2 Å². The van der Waals surface area contributed by atoms with Crippen LogP contribution in [0.2, 0.25) is 0 Å². The Hall–Kier alpha value is -0.840. The Morgan fingerprint density at radius 1 is 1.62 bits per heavy atom. The van der Waals surface area contributed by atoms with Gasteiger partial charge in [0.15, 0.2) is 5.25 Å². The maximum absolute atomic E-state index is 11.0. The third kappa shape index (κ3) is 2.55. The summed E-state index contributed by atoms with van der Waals surface area (Å²) in [5.41, 5.74) is 1.71. The molecule has 1 heterocycles. The molecule has 3 nitrogen and oxygen atoms in total. The van der Waals surface area contributed by atoms with E-state index in [1.165, 1.54) is 0 Å². The molecule has 4 heteroatoms. The molecule has 0 fully saturated rings. The van der Waals surface area contributed by atoms with Crippen LogP contribution in [0.1, 0.15) is 12.5 Å². The van der Waals surface area contributed by atoms with Gasteiger partial charge >= 0.3 is 0 Å². The molecule has 13 heavy (non-hydrogen) atoms. The molecule has 0 radical (unpaired) electrons. The van der Waals surface area contributed by atoms with Gasteiger partial charge < -0.3 is 4.55 Å². The number of rotatable bonds is 3. The minimum Gasteiger partial charge on any atom is -0.598 e. The lowest BCUT2D eigenvalue weighted by Crippen LogP contribution is -2.26. The fourth-order valence-electron chi connectivity index (χ4n) is 0.941. The van der Waals surface area contributed by atoms with E-state index >= 15 is 0 Å². The van der Waals surface area contributed by atoms with Crippen LogP contribution in [0.25, 0.3) is 5.57 Å². The highest BCUT2D eigenvalue weighted by Gasteiger charge is 2.17. The largest absolute Gasteiger partial charge is 0.598 e. The fraction of sp³-hybridized carbons (Fsp3) is 0.222. The number of hydrogen-bond donors (Lipinski definition) is 1. The Morgan fingerprint density at radius 3 is 2.62 bits per heavy atom. The van der Waals surface area contributed by atoms with E-state index in [1.54, 1.807) is 19.3 Å². The summed E-state index contributed by atoms with van der Waals surface area (Å²) in [7, 11) is 0. The average molecular weight is 196 g/mol. The molecule has 2 unspecified atom stereocenters. The molecule has 2 atom stereocenters. The second kappa shape index (κ2) is 4.41. The third-order valence-electron chi connectivity index (χ3n) is 1.89. The quantitative estimate of drug-likeness (QED) is 0.736. The molecule has 0 amide bonds. The zero-order valence-electron chi connectivity index (χ0n) is 7.43. The molecule has 2 N–H and O–H groups in total. The molecule has 0 aliphatic rings. The molecule has 0 aromatic carbocycles. The van der Waals surface area contributed by atoms with Crippen LogP contribution in [0, 0.1) is 0 Å². The lowest BCUT2D eigenvalue weighted by Gasteiger charge is -2.14. The van der Waals surface area contributed by atoms with Crippen molar-refractivity contribution in [2.75, 3.05) is 0 Å². The van der Waals surface area contributed by atoms with Gasteiger partial charge in [-0.05, 0) is 24.6 Å². The Balaban J connectivity index is 2.80. The summed E-state index contributed by atoms with van der Waals surface area (Å²) in [6.45, 7) is 5.64. The molecule has 0 aliphatic heterocycles. The summed E-state index contributed by atoms with van der Waals surface area (Å²) in [6.07, 6.45) is 3.35. The van der Waals surface area contributed by atoms with Gasteiger partial charge in [-0.3, -0.25) is 4.98 Å². The normalized spacial score (nSPS) is 15.0. The van der Waals surface area contributed by atoms with Crippen molar-refractivity contribution in [3.05, 3.63) is 36.7 Å². The van der Waals surface area contributed by atoms with Gasteiger partial charge in [0.1, 0.15) is 0 Å². The second-order valence-electron chi connectivity index (χ2n) is 2.73. The first-order chi connectivity index (χ1) is 6.13. The fourth-order valence-corrected chi connectivity index (χ4v) is 1.36. The Bertz CT molecular complexity index is 287. The van der Waals surface area contributed by atoms with Gasteiger partial charge in [-0.15, -0.1) is 0 Å². The highest BCUT2D eigenvalue weighted by Crippen LogP contribution is 2.18. The SMILES string of the molecule is C=C(c1ccncc1)C(C)[S+](N)[O-]. The monoisotopic (exact) mass is 196 g/mol. The van der Waals surface area contributed by atoms with Crippen LogP contribution in [-0.4, -0.2) is 14.8 Å². The standard InChI is InChI=1S/C9H12N2OS/c1-7(8(2)13(10)12)9-3-5-11-6-4-9/h3-6,8H,1,10H2,2H3. The predicted octanol–water partition coefficient (Wildman–Crippen LogP) is 1.11. The van der Waals surface area contributed by atoms with Gasteiger partial charge in [0.05, 0.1) is 0 Å². The second-order valence-corrected chi connectivity index (χ2v) is 4.10. The van der Waals surface area contributed by atoms with Crippen molar-refractivity contribution in [1.82, 2.24) is 4.98 Å². The predicted molar refractivity (Wildman–Crippen MR) is 55.1 cm³/mol. The van der Waals surface area contributed by atoms with Crippen LogP contribution in [-0.2, 0) is 11.4 Å². The first-order valence-electron chi connectivity index (χ1n) is 3.87. The van der Waals surface area contributed by atoms with Crippen LogP contribution in [0.5, 0.6) is 0 Å². The number of nitrogens with zero attached hydrogens (tertiary/aromatic N) is 1. The van der Waals surface area contributed by atoms with E-state index in [0.717, 1.165) is 11.1 Å². The topological polar surface area (TPSA) is 62.0 Å². The van der Waals surface area contributed by atoms with E-state index in [-0.39, 0.29) is 5.25 Å². The number of aromatic nitrogens is 1. The van der Waals surface area contributed by atoms with E-state index in [9.17, 15) is 4.55 Å². The van der Waals surface area contributed by atoms with E-state index in [1.807, 2.05) is 12.1 Å². The summed E-state index contributed by atoms with van der Waals surface area (Å²) in [5, 5.41) is 5.05. The van der Waals surface area contributed by atoms with E-state index in [4.69, 9.17) is 5.14 Å². The van der Waals surface area contributed by atoms with Gasteiger partial charge in [-0.1, -0.05) is 6.58 Å². The maximum atomic E-state index is 11.0. The number of hydrogen-bond acceptors (Lipinski definition) is 3. The molecule has 1 aromatic rings. The van der Waals surface area contributed by atoms with E-state index in [2.05, 4.69) is 11.6 Å². The molecule has 0 spiro atoms. The van der Waals surface area contributed by atoms with Gasteiger partial charge in [-0.25, -0.2) is 0 Å². The Morgan fingerprint density at radius 2 is 2.15 bits per heavy atom. The van der Waals surface area contributed by atoms with E-state index in [0.29, 0.717) is 0 Å². The molecule has 0 aliphatic carbocycles. The smallest absolute Gasteiger partial charge is 0.157 e. The maximum Gasteiger partial charge on any atom is 0.157 e. The van der Waals surface area contributed by atoms with Crippen molar-refractivity contribution in [3.8, 4) is 0 Å². The summed E-state index contributed by atoms with van der Waals surface area (Å²) in [6, 6.07) is 3.65. The summed E-state index contributed by atoms with van der Waals surface area (Å²) >= 11 is -1.36. The highest BCUT2D eigenvalue weighted by atomic mass is 32.2. The van der Waals surface area contributed by atoms with Crippen molar-refractivity contribution in [1.29, 1.82) is 0 Å². The molecular weight excluding hydrogens is 184 g/mol. The first kappa shape index (κ1) is 10.2. The van der Waals surface area contributed by atoms with Crippen LogP contribution in [0.4, 0.5) is 0 Å². The zero-order valence-corrected chi connectivity index (χ0v) is 8.25. The molecule has 1 aromatic heterocycles. The summed E-state index contributed by atoms with van der Waals surface area (Å²) < 4.78 is 11.0. The molecular formula is C9H12N2OS. The van der Waals surface area contributed by atoms with Crippen LogP contribution >= 0.6 is 0 Å². The van der Waals surface area contributed by atoms with Gasteiger partial charge in [0.25, 0.3) is 0 Å². The van der Waals surface area contributed by atoms with Crippen LogP contribution < -0.4 is 5.14 Å². The minimum absolute atomic E-state index is 0.220. The Kier molecular flexibility index (Phi) is 3.48. The lowest BCUT2D eigenvalue weighted by atomic mass is 10.1. The van der Waals surface area contributed by atoms with E-state index < -0.39 is 11.4 Å². The number of pyridine rings is 1. The van der Waals surface area contributed by atoms with Crippen molar-refractivity contribution in [3.63, 3.8) is 0 Å². The van der Waals surface area contributed by atoms with Crippen molar-refractivity contribution in [2.24, 2.45) is 5.14 Å². The molecule has 1 rings (SSSR count). The average Bonchev–Trinajstić information content (AvgIpc) is 2.17. The molecule has 0 saturated heterocycles. The molecule has 0 bridgehead atoms. The third-order valence-corrected chi connectivity index (χ3v) is 2.87. The number of nitrogens with two attached hydrogens (primary N) is 1.